The van der Waals surface area contributed by atoms with E-state index in [-0.39, 0.29) is 35.1 Å². The highest BCUT2D eigenvalue weighted by Gasteiger charge is 2.75. The lowest BCUT2D eigenvalue weighted by molar-refractivity contribution is -0.924. The molecule has 3 N–H and O–H groups in total. The average Bonchev–Trinajstić information content (AvgIpc) is 3.37. The minimum Gasteiger partial charge on any atom is -0.632 e. The number of benzene rings is 1. The maximum atomic E-state index is 14.0. The van der Waals surface area contributed by atoms with Crippen LogP contribution in [-0.4, -0.2) is 57.4 Å². The van der Waals surface area contributed by atoms with Crippen molar-refractivity contribution in [1.82, 2.24) is 0 Å². The second kappa shape index (κ2) is 4.98. The van der Waals surface area contributed by atoms with Gasteiger partial charge in [0.1, 0.15) is 17.7 Å². The molecule has 146 valence electrons. The van der Waals surface area contributed by atoms with E-state index in [1.54, 1.807) is 6.07 Å². The van der Waals surface area contributed by atoms with Crippen molar-refractivity contribution in [3.05, 3.63) is 28.5 Å². The number of likely N-dealkylation sites (tertiary alicyclic amines) is 1. The second-order valence-corrected chi connectivity index (χ2v) is 9.64. The fraction of sp³-hybridized carbons (Fsp3) is 0.714. The zero-order valence-electron chi connectivity index (χ0n) is 15.4. The van der Waals surface area contributed by atoms with Crippen LogP contribution in [0, 0.1) is 17.0 Å². The molecular weight excluding hydrogens is 346 g/mol. The summed E-state index contributed by atoms with van der Waals surface area (Å²) in [5, 5.41) is 46.5. The highest BCUT2D eigenvalue weighted by molar-refractivity contribution is 5.62. The molecule has 2 bridgehead atoms. The van der Waals surface area contributed by atoms with Crippen LogP contribution in [0.5, 0.6) is 11.5 Å². The Morgan fingerprint density at radius 3 is 2.78 bits per heavy atom. The summed E-state index contributed by atoms with van der Waals surface area (Å²) in [6, 6.07) is 3.17. The van der Waals surface area contributed by atoms with Gasteiger partial charge in [-0.25, -0.2) is 0 Å². The van der Waals surface area contributed by atoms with E-state index in [9.17, 15) is 20.5 Å². The highest BCUT2D eigenvalue weighted by Crippen LogP contribution is 2.67. The minimum absolute atomic E-state index is 0.00328. The molecule has 2 unspecified atom stereocenters. The largest absolute Gasteiger partial charge is 0.632 e. The smallest absolute Gasteiger partial charge is 0.165 e. The number of phenols is 1. The first-order valence-electron chi connectivity index (χ1n) is 10.4. The van der Waals surface area contributed by atoms with Crippen LogP contribution < -0.4 is 4.74 Å². The van der Waals surface area contributed by atoms with Crippen molar-refractivity contribution in [2.24, 2.45) is 11.8 Å². The Bertz CT molecular complexity index is 825. The zero-order chi connectivity index (χ0) is 18.6. The van der Waals surface area contributed by atoms with E-state index in [1.807, 2.05) is 6.07 Å². The molecule has 6 atom stereocenters. The van der Waals surface area contributed by atoms with Crippen molar-refractivity contribution in [3.8, 4) is 11.5 Å². The molecule has 2 saturated carbocycles. The maximum absolute atomic E-state index is 14.0. The van der Waals surface area contributed by atoms with Gasteiger partial charge in [0.2, 0.25) is 0 Å². The zero-order valence-corrected chi connectivity index (χ0v) is 15.4. The number of piperidine rings is 1. The van der Waals surface area contributed by atoms with Crippen molar-refractivity contribution >= 4 is 0 Å². The minimum atomic E-state index is -1.13. The van der Waals surface area contributed by atoms with Gasteiger partial charge in [-0.2, -0.15) is 0 Å². The monoisotopic (exact) mass is 373 g/mol. The summed E-state index contributed by atoms with van der Waals surface area (Å²) in [4.78, 5) is 0. The molecule has 5 aliphatic rings. The van der Waals surface area contributed by atoms with Gasteiger partial charge in [-0.05, 0) is 37.3 Å². The quantitative estimate of drug-likeness (QED) is 0.553. The van der Waals surface area contributed by atoms with Gasteiger partial charge in [-0.15, -0.1) is 0 Å². The molecule has 0 radical (unpaired) electrons. The molecule has 2 aliphatic heterocycles. The molecule has 6 nitrogen and oxygen atoms in total. The van der Waals surface area contributed by atoms with Crippen LogP contribution in [0.25, 0.3) is 0 Å². The van der Waals surface area contributed by atoms with Crippen LogP contribution in [0.1, 0.15) is 43.2 Å². The Hall–Kier alpha value is -1.34. The number of nitrogens with zero attached hydrogens (tertiary/aromatic N) is 1. The molecule has 1 saturated heterocycles. The lowest BCUT2D eigenvalue weighted by Gasteiger charge is -2.68. The number of aliphatic hydroxyl groups excluding tert-OH is 1. The fourth-order valence-corrected chi connectivity index (χ4v) is 7.05. The summed E-state index contributed by atoms with van der Waals surface area (Å²) in [7, 11) is 0. The first-order valence-corrected chi connectivity index (χ1v) is 10.4. The summed E-state index contributed by atoms with van der Waals surface area (Å²) in [5.74, 6) is 0.990. The summed E-state index contributed by atoms with van der Waals surface area (Å²) < 4.78 is 5.96. The van der Waals surface area contributed by atoms with Crippen LogP contribution in [0.3, 0.4) is 0 Å². The third kappa shape index (κ3) is 1.81. The molecule has 0 amide bonds. The summed E-state index contributed by atoms with van der Waals surface area (Å²) in [6.07, 6.45) is 4.14. The van der Waals surface area contributed by atoms with Gasteiger partial charge in [0.25, 0.3) is 0 Å². The normalized spacial score (nSPS) is 46.7. The summed E-state index contributed by atoms with van der Waals surface area (Å²) in [5.41, 5.74) is 0.139. The molecular formula is C21H27NO5. The van der Waals surface area contributed by atoms with Gasteiger partial charge in [0.05, 0.1) is 18.5 Å². The van der Waals surface area contributed by atoms with E-state index >= 15 is 0 Å². The Balaban J connectivity index is 1.58. The third-order valence-electron chi connectivity index (χ3n) is 8.41. The standard InChI is InChI=1S/C21H27NO5/c23-11-14-5-6-21(25)16-9-13-3-4-15(24)18-17(13)20(21,19(14)27-18)7-8-22(16,26)10-12-1-2-12/h3-4,12,14,16,19,23-25H,1-2,5-11H2/t14-,16-,19+,20?,21-,22?/m1/s1. The van der Waals surface area contributed by atoms with E-state index in [0.29, 0.717) is 50.4 Å². The first kappa shape index (κ1) is 16.6. The molecule has 6 rings (SSSR count). The Morgan fingerprint density at radius 2 is 2.04 bits per heavy atom. The number of aliphatic hydroxyl groups is 2. The van der Waals surface area contributed by atoms with Crippen molar-refractivity contribution in [2.75, 3.05) is 19.7 Å². The Kier molecular flexibility index (Phi) is 3.06. The van der Waals surface area contributed by atoms with Gasteiger partial charge < -0.3 is 29.9 Å². The van der Waals surface area contributed by atoms with Gasteiger partial charge in [0.15, 0.2) is 11.5 Å². The Labute approximate surface area is 158 Å². The number of rotatable bonds is 3. The predicted octanol–water partition coefficient (Wildman–Crippen LogP) is 1.58. The third-order valence-corrected chi connectivity index (χ3v) is 8.41. The number of phenolic OH excluding ortho intramolecular Hbond substituents is 1. The lowest BCUT2D eigenvalue weighted by Crippen LogP contribution is -2.80. The summed E-state index contributed by atoms with van der Waals surface area (Å²) in [6.45, 7) is 1.09. The Morgan fingerprint density at radius 1 is 1.22 bits per heavy atom. The number of hydroxylamine groups is 3. The second-order valence-electron chi connectivity index (χ2n) is 9.64. The lowest BCUT2D eigenvalue weighted by atomic mass is 9.47. The van der Waals surface area contributed by atoms with Crippen molar-refractivity contribution in [3.63, 3.8) is 0 Å². The van der Waals surface area contributed by atoms with Gasteiger partial charge >= 0.3 is 0 Å². The highest BCUT2D eigenvalue weighted by atomic mass is 16.6. The number of aromatic hydroxyl groups is 1. The molecule has 3 aliphatic carbocycles. The van der Waals surface area contributed by atoms with E-state index in [0.717, 1.165) is 24.0 Å². The molecule has 27 heavy (non-hydrogen) atoms. The van der Waals surface area contributed by atoms with Gasteiger partial charge in [-0.1, -0.05) is 6.07 Å². The molecule has 3 fully saturated rings. The topological polar surface area (TPSA) is 93.0 Å². The van der Waals surface area contributed by atoms with Crippen LogP contribution >= 0.6 is 0 Å². The molecule has 1 aromatic rings. The van der Waals surface area contributed by atoms with E-state index in [1.165, 1.54) is 0 Å². The number of ether oxygens (including phenoxy) is 1. The van der Waals surface area contributed by atoms with Gasteiger partial charge in [-0.3, -0.25) is 0 Å². The fourth-order valence-electron chi connectivity index (χ4n) is 7.05. The molecule has 1 aromatic carbocycles. The summed E-state index contributed by atoms with van der Waals surface area (Å²) >= 11 is 0. The first-order chi connectivity index (χ1) is 12.9. The van der Waals surface area contributed by atoms with Crippen LogP contribution in [0.15, 0.2) is 12.1 Å². The number of quaternary nitrogens is 1. The van der Waals surface area contributed by atoms with Gasteiger partial charge in [0, 0.05) is 36.8 Å². The molecule has 1 spiro atoms. The SMILES string of the molecule is [O-][N+]1(CC2CC2)CCC23c4c5ccc(O)c4O[C@H]2[C@@H](CO)CC[C@@]3(O)[C@H]1C5. The van der Waals surface area contributed by atoms with Crippen LogP contribution in [0.2, 0.25) is 0 Å². The molecule has 6 heteroatoms. The number of hydrogen-bond donors (Lipinski definition) is 3. The van der Waals surface area contributed by atoms with Crippen molar-refractivity contribution < 1.29 is 24.7 Å². The van der Waals surface area contributed by atoms with E-state index < -0.39 is 11.0 Å². The average molecular weight is 373 g/mol. The maximum Gasteiger partial charge on any atom is 0.165 e. The van der Waals surface area contributed by atoms with Crippen LogP contribution in [-0.2, 0) is 11.8 Å². The number of hydrogen-bond acceptors (Lipinski definition) is 5. The molecule has 2 heterocycles. The van der Waals surface area contributed by atoms with E-state index in [2.05, 4.69) is 0 Å². The van der Waals surface area contributed by atoms with Crippen molar-refractivity contribution in [2.45, 2.75) is 61.7 Å². The van der Waals surface area contributed by atoms with Crippen molar-refractivity contribution in [1.29, 1.82) is 0 Å². The predicted molar refractivity (Wildman–Crippen MR) is 97.2 cm³/mol. The van der Waals surface area contributed by atoms with E-state index in [4.69, 9.17) is 4.74 Å². The molecule has 0 aromatic heterocycles. The van der Waals surface area contributed by atoms with Crippen LogP contribution in [0.4, 0.5) is 0 Å².